The maximum atomic E-state index is 12.9. The Labute approximate surface area is 250 Å². The number of esters is 1. The number of amides is 1. The lowest BCUT2D eigenvalue weighted by atomic mass is 10.1. The van der Waals surface area contributed by atoms with Crippen LogP contribution >= 0.6 is 11.6 Å². The second-order valence-electron chi connectivity index (χ2n) is 9.38. The summed E-state index contributed by atoms with van der Waals surface area (Å²) in [4.78, 5) is 37.0. The number of benzene rings is 1. The predicted molar refractivity (Wildman–Crippen MR) is 157 cm³/mol. The van der Waals surface area contributed by atoms with Crippen molar-refractivity contribution in [1.29, 1.82) is 0 Å². The molecule has 0 bridgehead atoms. The lowest BCUT2D eigenvalue weighted by Crippen LogP contribution is -2.31. The minimum atomic E-state index is -0.619. The molecule has 0 radical (unpaired) electrons. The number of halogens is 1. The molecule has 42 heavy (non-hydrogen) atoms. The zero-order valence-electron chi connectivity index (χ0n) is 24.0. The molecule has 1 amide bonds. The van der Waals surface area contributed by atoms with Crippen molar-refractivity contribution >= 4 is 29.4 Å². The number of aryl methyl sites for hydroxylation is 1. The summed E-state index contributed by atoms with van der Waals surface area (Å²) in [5.74, 6) is -0.508. The SMILES string of the molecule is CC[C@@H](COC(=O)COCCOCCOC)Nc1ncc(C)c(-c2c[nH]c(C(=O)N[C@H](CO)c3cccc(Cl)c3)c2)n1. The van der Waals surface area contributed by atoms with Crippen LogP contribution in [-0.4, -0.2) is 91.3 Å². The van der Waals surface area contributed by atoms with E-state index < -0.39 is 12.0 Å². The number of aromatic amines is 1. The van der Waals surface area contributed by atoms with E-state index in [9.17, 15) is 14.7 Å². The van der Waals surface area contributed by atoms with Gasteiger partial charge in [0.05, 0.1) is 50.8 Å². The number of hydrogen-bond acceptors (Lipinski definition) is 10. The average Bonchev–Trinajstić information content (AvgIpc) is 3.48. The fourth-order valence-corrected chi connectivity index (χ4v) is 4.06. The standard InChI is InChI=1S/C29H38ClN5O7/c1-4-23(17-42-26(37)18-41-11-10-40-9-8-39-3)33-29-32-14-19(2)27(35-29)21-13-24(31-15-21)28(38)34-25(16-36)20-6-5-7-22(30)12-20/h5-7,12-15,23,25,31,36H,4,8-11,16-18H2,1-3H3,(H,34,38)(H,32,33,35)/t23-,25+/m0/s1. The van der Waals surface area contributed by atoms with Gasteiger partial charge in [-0.15, -0.1) is 0 Å². The lowest BCUT2D eigenvalue weighted by Gasteiger charge is -2.17. The topological polar surface area (TPSA) is 157 Å². The van der Waals surface area contributed by atoms with E-state index in [-0.39, 0.29) is 38.4 Å². The van der Waals surface area contributed by atoms with Crippen molar-refractivity contribution in [3.63, 3.8) is 0 Å². The maximum absolute atomic E-state index is 12.9. The van der Waals surface area contributed by atoms with Gasteiger partial charge < -0.3 is 39.7 Å². The second kappa shape index (κ2) is 17.4. The molecule has 0 aliphatic heterocycles. The third-order valence-electron chi connectivity index (χ3n) is 6.21. The summed E-state index contributed by atoms with van der Waals surface area (Å²) < 4.78 is 20.8. The average molecular weight is 604 g/mol. The summed E-state index contributed by atoms with van der Waals surface area (Å²) in [7, 11) is 1.60. The monoisotopic (exact) mass is 603 g/mol. The molecule has 2 heterocycles. The second-order valence-corrected chi connectivity index (χ2v) is 9.82. The van der Waals surface area contributed by atoms with E-state index in [0.717, 1.165) is 5.56 Å². The summed E-state index contributed by atoms with van der Waals surface area (Å²) in [5, 5.41) is 16.4. The minimum Gasteiger partial charge on any atom is -0.462 e. The number of carbonyl (C=O) groups is 2. The van der Waals surface area contributed by atoms with Crippen LogP contribution in [0.25, 0.3) is 11.3 Å². The van der Waals surface area contributed by atoms with Gasteiger partial charge in [-0.2, -0.15) is 0 Å². The molecular formula is C29H38ClN5O7. The highest BCUT2D eigenvalue weighted by Gasteiger charge is 2.19. The number of ether oxygens (including phenoxy) is 4. The number of rotatable bonds is 18. The Morgan fingerprint density at radius 3 is 2.67 bits per heavy atom. The van der Waals surface area contributed by atoms with Crippen molar-refractivity contribution < 1.29 is 33.6 Å². The van der Waals surface area contributed by atoms with Crippen molar-refractivity contribution in [2.24, 2.45) is 0 Å². The highest BCUT2D eigenvalue weighted by molar-refractivity contribution is 6.30. The predicted octanol–water partition coefficient (Wildman–Crippen LogP) is 3.31. The van der Waals surface area contributed by atoms with Crippen molar-refractivity contribution in [2.45, 2.75) is 32.4 Å². The molecule has 13 heteroatoms. The van der Waals surface area contributed by atoms with Crippen LogP contribution in [0.1, 0.15) is 41.0 Å². The summed E-state index contributed by atoms with van der Waals surface area (Å²) in [6, 6.07) is 7.80. The van der Waals surface area contributed by atoms with Crippen molar-refractivity contribution in [2.75, 3.05) is 58.7 Å². The first-order chi connectivity index (χ1) is 20.3. The number of aliphatic hydroxyl groups excluding tert-OH is 1. The van der Waals surface area contributed by atoms with Gasteiger partial charge in [-0.1, -0.05) is 30.7 Å². The van der Waals surface area contributed by atoms with Crippen LogP contribution in [0.4, 0.5) is 5.95 Å². The molecule has 0 unspecified atom stereocenters. The molecule has 0 aliphatic rings. The van der Waals surface area contributed by atoms with Gasteiger partial charge in [0.25, 0.3) is 5.91 Å². The molecule has 2 aromatic heterocycles. The highest BCUT2D eigenvalue weighted by Crippen LogP contribution is 2.24. The van der Waals surface area contributed by atoms with Crippen LogP contribution < -0.4 is 10.6 Å². The van der Waals surface area contributed by atoms with Crippen LogP contribution in [0, 0.1) is 6.92 Å². The first kappa shape index (κ1) is 33.0. The first-order valence-electron chi connectivity index (χ1n) is 13.6. The van der Waals surface area contributed by atoms with Crippen LogP contribution in [-0.2, 0) is 23.7 Å². The largest absolute Gasteiger partial charge is 0.462 e. The molecule has 0 aliphatic carbocycles. The van der Waals surface area contributed by atoms with Gasteiger partial charge in [-0.05, 0) is 42.7 Å². The number of aliphatic hydroxyl groups is 1. The number of H-pyrrole nitrogens is 1. The number of anilines is 1. The van der Waals surface area contributed by atoms with Crippen LogP contribution in [0.5, 0.6) is 0 Å². The molecule has 2 atom stereocenters. The van der Waals surface area contributed by atoms with E-state index in [1.165, 1.54) is 0 Å². The zero-order valence-corrected chi connectivity index (χ0v) is 24.8. The summed E-state index contributed by atoms with van der Waals surface area (Å²) in [5.41, 5.74) is 3.12. The van der Waals surface area contributed by atoms with E-state index in [1.807, 2.05) is 13.8 Å². The Balaban J connectivity index is 1.55. The van der Waals surface area contributed by atoms with E-state index in [0.29, 0.717) is 59.7 Å². The number of carbonyl (C=O) groups excluding carboxylic acids is 2. The van der Waals surface area contributed by atoms with Crippen LogP contribution in [0.3, 0.4) is 0 Å². The molecule has 12 nitrogen and oxygen atoms in total. The van der Waals surface area contributed by atoms with E-state index in [1.54, 1.807) is 49.8 Å². The number of nitrogens with one attached hydrogen (secondary N) is 3. The number of methoxy groups -OCH3 is 1. The molecule has 0 fully saturated rings. The Bertz CT molecular complexity index is 1290. The third kappa shape index (κ3) is 10.4. The Morgan fingerprint density at radius 1 is 1.14 bits per heavy atom. The maximum Gasteiger partial charge on any atom is 0.332 e. The van der Waals surface area contributed by atoms with Gasteiger partial charge in [0, 0.05) is 30.1 Å². The van der Waals surface area contributed by atoms with Gasteiger partial charge >= 0.3 is 5.97 Å². The fourth-order valence-electron chi connectivity index (χ4n) is 3.86. The normalized spacial score (nSPS) is 12.5. The van der Waals surface area contributed by atoms with Crippen molar-refractivity contribution in [1.82, 2.24) is 20.3 Å². The molecule has 4 N–H and O–H groups in total. The van der Waals surface area contributed by atoms with Gasteiger partial charge in [-0.25, -0.2) is 14.8 Å². The molecule has 0 spiro atoms. The Kier molecular flexibility index (Phi) is 13.7. The summed E-state index contributed by atoms with van der Waals surface area (Å²) in [6.45, 7) is 5.09. The molecule has 0 saturated carbocycles. The zero-order chi connectivity index (χ0) is 30.3. The van der Waals surface area contributed by atoms with E-state index >= 15 is 0 Å². The molecule has 3 aromatic rings. The molecule has 228 valence electrons. The highest BCUT2D eigenvalue weighted by atomic mass is 35.5. The van der Waals surface area contributed by atoms with Gasteiger partial charge in [0.1, 0.15) is 18.9 Å². The molecular weight excluding hydrogens is 566 g/mol. The van der Waals surface area contributed by atoms with E-state index in [4.69, 9.17) is 30.5 Å². The molecule has 3 rings (SSSR count). The minimum absolute atomic E-state index is 0.114. The van der Waals surface area contributed by atoms with Gasteiger partial charge in [-0.3, -0.25) is 4.79 Å². The quantitative estimate of drug-likeness (QED) is 0.126. The molecule has 0 saturated heterocycles. The van der Waals surface area contributed by atoms with E-state index in [2.05, 4.69) is 25.6 Å². The third-order valence-corrected chi connectivity index (χ3v) is 6.44. The van der Waals surface area contributed by atoms with Gasteiger partial charge in [0.2, 0.25) is 5.95 Å². The fraction of sp³-hybridized carbons (Fsp3) is 0.448. The Hall–Kier alpha value is -3.55. The molecule has 1 aromatic carbocycles. The summed E-state index contributed by atoms with van der Waals surface area (Å²) >= 11 is 6.06. The lowest BCUT2D eigenvalue weighted by molar-refractivity contribution is -0.149. The number of nitrogens with zero attached hydrogens (tertiary/aromatic N) is 2. The van der Waals surface area contributed by atoms with Crippen LogP contribution in [0.2, 0.25) is 5.02 Å². The smallest absolute Gasteiger partial charge is 0.332 e. The first-order valence-corrected chi connectivity index (χ1v) is 14.0. The number of hydrogen-bond donors (Lipinski definition) is 4. The summed E-state index contributed by atoms with van der Waals surface area (Å²) in [6.07, 6.45) is 4.02. The van der Waals surface area contributed by atoms with Crippen molar-refractivity contribution in [3.05, 3.63) is 64.6 Å². The van der Waals surface area contributed by atoms with Crippen LogP contribution in [0.15, 0.2) is 42.7 Å². The Morgan fingerprint density at radius 2 is 1.93 bits per heavy atom. The van der Waals surface area contributed by atoms with Gasteiger partial charge in [0.15, 0.2) is 0 Å². The van der Waals surface area contributed by atoms with Crippen molar-refractivity contribution in [3.8, 4) is 11.3 Å². The number of aromatic nitrogens is 3.